The molecule has 2 aromatic heterocycles. The predicted octanol–water partition coefficient (Wildman–Crippen LogP) is 3.04. The average Bonchev–Trinajstić information content (AvgIpc) is 2.30. The Balaban J connectivity index is 2.42. The highest BCUT2D eigenvalue weighted by molar-refractivity contribution is 9.08. The third-order valence-electron chi connectivity index (χ3n) is 1.94. The smallest absolute Gasteiger partial charge is 0.0347 e. The van der Waals surface area contributed by atoms with E-state index in [4.69, 9.17) is 0 Å². The van der Waals surface area contributed by atoms with Gasteiger partial charge in [0.25, 0.3) is 0 Å². The monoisotopic (exact) mass is 248 g/mol. The van der Waals surface area contributed by atoms with Crippen molar-refractivity contribution in [3.63, 3.8) is 0 Å². The van der Waals surface area contributed by atoms with E-state index in [9.17, 15) is 0 Å². The minimum Gasteiger partial charge on any atom is -0.264 e. The Bertz CT molecular complexity index is 415. The highest BCUT2D eigenvalue weighted by atomic mass is 79.9. The van der Waals surface area contributed by atoms with Crippen LogP contribution in [0.25, 0.3) is 11.1 Å². The zero-order valence-corrected chi connectivity index (χ0v) is 9.11. The molecule has 0 saturated carbocycles. The van der Waals surface area contributed by atoms with E-state index in [1.54, 1.807) is 6.20 Å². The topological polar surface area (TPSA) is 25.8 Å². The highest BCUT2D eigenvalue weighted by Gasteiger charge is 1.98. The lowest BCUT2D eigenvalue weighted by Crippen LogP contribution is -1.84. The Labute approximate surface area is 91.2 Å². The van der Waals surface area contributed by atoms with Gasteiger partial charge < -0.3 is 0 Å². The van der Waals surface area contributed by atoms with E-state index >= 15 is 0 Å². The summed E-state index contributed by atoms with van der Waals surface area (Å²) in [6.07, 6.45) is 7.32. The van der Waals surface area contributed by atoms with Gasteiger partial charge in [0.1, 0.15) is 0 Å². The summed E-state index contributed by atoms with van der Waals surface area (Å²) >= 11 is 3.41. The molecule has 0 bridgehead atoms. The molecule has 0 fully saturated rings. The molecule has 0 aliphatic carbocycles. The molecule has 0 saturated heterocycles. The Hall–Kier alpha value is -1.22. The minimum atomic E-state index is 0.827. The molecule has 2 heterocycles. The number of aromatic nitrogens is 2. The molecular formula is C11H9BrN2. The summed E-state index contributed by atoms with van der Waals surface area (Å²) in [5.74, 6) is 0. The Morgan fingerprint density at radius 1 is 1.07 bits per heavy atom. The van der Waals surface area contributed by atoms with Crippen LogP contribution in [-0.4, -0.2) is 9.97 Å². The van der Waals surface area contributed by atoms with Crippen LogP contribution in [-0.2, 0) is 5.33 Å². The van der Waals surface area contributed by atoms with Crippen LogP contribution in [0.15, 0.2) is 43.0 Å². The molecule has 14 heavy (non-hydrogen) atoms. The van der Waals surface area contributed by atoms with Gasteiger partial charge in [-0.05, 0) is 17.7 Å². The average molecular weight is 249 g/mol. The van der Waals surface area contributed by atoms with Crippen molar-refractivity contribution in [1.29, 1.82) is 0 Å². The maximum Gasteiger partial charge on any atom is 0.0347 e. The molecule has 0 amide bonds. The van der Waals surface area contributed by atoms with E-state index in [1.807, 2.05) is 30.7 Å². The summed E-state index contributed by atoms with van der Waals surface area (Å²) < 4.78 is 0. The fourth-order valence-electron chi connectivity index (χ4n) is 1.25. The van der Waals surface area contributed by atoms with Gasteiger partial charge in [0.15, 0.2) is 0 Å². The molecule has 0 radical (unpaired) electrons. The fourth-order valence-corrected chi connectivity index (χ4v) is 1.56. The van der Waals surface area contributed by atoms with Crippen LogP contribution < -0.4 is 0 Å². The van der Waals surface area contributed by atoms with Crippen LogP contribution in [0.3, 0.4) is 0 Å². The van der Waals surface area contributed by atoms with E-state index < -0.39 is 0 Å². The highest BCUT2D eigenvalue weighted by Crippen LogP contribution is 2.18. The molecule has 0 atom stereocenters. The number of alkyl halides is 1. The molecule has 2 nitrogen and oxygen atoms in total. The molecular weight excluding hydrogens is 240 g/mol. The maximum atomic E-state index is 4.17. The van der Waals surface area contributed by atoms with Gasteiger partial charge in [-0.2, -0.15) is 0 Å². The van der Waals surface area contributed by atoms with Gasteiger partial charge in [0, 0.05) is 41.2 Å². The molecule has 0 aliphatic rings. The molecule has 3 heteroatoms. The Morgan fingerprint density at radius 3 is 2.64 bits per heavy atom. The molecule has 0 spiro atoms. The summed E-state index contributed by atoms with van der Waals surface area (Å²) in [7, 11) is 0. The van der Waals surface area contributed by atoms with Crippen LogP contribution in [0.1, 0.15) is 5.56 Å². The normalized spacial score (nSPS) is 10.1. The van der Waals surface area contributed by atoms with Crippen LogP contribution in [0.2, 0.25) is 0 Å². The molecule has 70 valence electrons. The third kappa shape index (κ3) is 1.99. The quantitative estimate of drug-likeness (QED) is 0.764. The molecule has 0 aromatic carbocycles. The first kappa shape index (κ1) is 9.34. The number of pyridine rings is 2. The SMILES string of the molecule is BrCc1cncc(-c2cccnc2)c1. The van der Waals surface area contributed by atoms with Gasteiger partial charge in [0.05, 0.1) is 0 Å². The van der Waals surface area contributed by atoms with Crippen molar-refractivity contribution in [3.05, 3.63) is 48.5 Å². The summed E-state index contributed by atoms with van der Waals surface area (Å²) in [4.78, 5) is 8.25. The number of hydrogen-bond acceptors (Lipinski definition) is 2. The van der Waals surface area contributed by atoms with Crippen molar-refractivity contribution < 1.29 is 0 Å². The number of rotatable bonds is 2. The lowest BCUT2D eigenvalue weighted by Gasteiger charge is -2.01. The maximum absolute atomic E-state index is 4.17. The van der Waals surface area contributed by atoms with Crippen molar-refractivity contribution in [2.24, 2.45) is 0 Å². The number of nitrogens with zero attached hydrogens (tertiary/aromatic N) is 2. The van der Waals surface area contributed by atoms with Gasteiger partial charge in [0.2, 0.25) is 0 Å². The zero-order chi connectivity index (χ0) is 9.80. The van der Waals surface area contributed by atoms with Crippen LogP contribution >= 0.6 is 15.9 Å². The third-order valence-corrected chi connectivity index (χ3v) is 2.59. The predicted molar refractivity (Wildman–Crippen MR) is 60.1 cm³/mol. The van der Waals surface area contributed by atoms with E-state index in [0.29, 0.717) is 0 Å². The summed E-state index contributed by atoms with van der Waals surface area (Å²) in [6.45, 7) is 0. The minimum absolute atomic E-state index is 0.827. The zero-order valence-electron chi connectivity index (χ0n) is 7.52. The lowest BCUT2D eigenvalue weighted by atomic mass is 10.1. The molecule has 2 rings (SSSR count). The Morgan fingerprint density at radius 2 is 1.93 bits per heavy atom. The van der Waals surface area contributed by atoms with Gasteiger partial charge in [-0.3, -0.25) is 9.97 Å². The first-order chi connectivity index (χ1) is 6.90. The van der Waals surface area contributed by atoms with E-state index in [2.05, 4.69) is 32.0 Å². The number of hydrogen-bond donors (Lipinski definition) is 0. The van der Waals surface area contributed by atoms with Crippen LogP contribution in [0.4, 0.5) is 0 Å². The van der Waals surface area contributed by atoms with E-state index in [-0.39, 0.29) is 0 Å². The van der Waals surface area contributed by atoms with Gasteiger partial charge in [-0.25, -0.2) is 0 Å². The van der Waals surface area contributed by atoms with Gasteiger partial charge in [-0.15, -0.1) is 0 Å². The summed E-state index contributed by atoms with van der Waals surface area (Å²) in [5, 5.41) is 0.827. The summed E-state index contributed by atoms with van der Waals surface area (Å²) in [6, 6.07) is 6.07. The fraction of sp³-hybridized carbons (Fsp3) is 0.0909. The van der Waals surface area contributed by atoms with Crippen molar-refractivity contribution in [1.82, 2.24) is 9.97 Å². The number of halogens is 1. The second-order valence-electron chi connectivity index (χ2n) is 2.96. The van der Waals surface area contributed by atoms with Crippen molar-refractivity contribution in [3.8, 4) is 11.1 Å². The Kier molecular flexibility index (Phi) is 2.89. The molecule has 2 aromatic rings. The molecule has 0 N–H and O–H groups in total. The second-order valence-corrected chi connectivity index (χ2v) is 3.52. The van der Waals surface area contributed by atoms with Crippen LogP contribution in [0, 0.1) is 0 Å². The molecule has 0 aliphatic heterocycles. The van der Waals surface area contributed by atoms with Gasteiger partial charge >= 0.3 is 0 Å². The van der Waals surface area contributed by atoms with E-state index in [0.717, 1.165) is 16.5 Å². The molecule has 0 unspecified atom stereocenters. The van der Waals surface area contributed by atoms with Crippen LogP contribution in [0.5, 0.6) is 0 Å². The summed E-state index contributed by atoms with van der Waals surface area (Å²) in [5.41, 5.74) is 3.38. The first-order valence-corrected chi connectivity index (χ1v) is 5.42. The standard InChI is InChI=1S/C11H9BrN2/c12-5-9-4-11(8-14-6-9)10-2-1-3-13-7-10/h1-4,6-8H,5H2. The lowest BCUT2D eigenvalue weighted by molar-refractivity contribution is 1.25. The first-order valence-electron chi connectivity index (χ1n) is 4.30. The van der Waals surface area contributed by atoms with Crippen molar-refractivity contribution >= 4 is 15.9 Å². The van der Waals surface area contributed by atoms with E-state index in [1.165, 1.54) is 5.56 Å². The van der Waals surface area contributed by atoms with Crippen molar-refractivity contribution in [2.45, 2.75) is 5.33 Å². The largest absolute Gasteiger partial charge is 0.264 e. The van der Waals surface area contributed by atoms with Crippen molar-refractivity contribution in [2.75, 3.05) is 0 Å². The second kappa shape index (κ2) is 4.33. The van der Waals surface area contributed by atoms with Gasteiger partial charge in [-0.1, -0.05) is 22.0 Å².